The average Bonchev–Trinajstić information content (AvgIpc) is 2.76. The van der Waals surface area contributed by atoms with E-state index in [1.807, 2.05) is 6.33 Å². The maximum Gasteiger partial charge on any atom is 0.147 e. The van der Waals surface area contributed by atoms with Gasteiger partial charge in [-0.2, -0.15) is 0 Å². The highest BCUT2D eigenvalue weighted by molar-refractivity contribution is 4.91. The summed E-state index contributed by atoms with van der Waals surface area (Å²) in [6.45, 7) is 9.22. The molecular formula is C11H21N5. The summed E-state index contributed by atoms with van der Waals surface area (Å²) in [5.41, 5.74) is 6.07. The van der Waals surface area contributed by atoms with Crippen molar-refractivity contribution < 1.29 is 0 Å². The Morgan fingerprint density at radius 3 is 3.00 bits per heavy atom. The normalized spacial score (nSPS) is 20.4. The molecule has 1 aliphatic rings. The second kappa shape index (κ2) is 4.51. The summed E-state index contributed by atoms with van der Waals surface area (Å²) in [5.74, 6) is 1.07. The minimum Gasteiger partial charge on any atom is -0.330 e. The van der Waals surface area contributed by atoms with Gasteiger partial charge in [0.2, 0.25) is 0 Å². The van der Waals surface area contributed by atoms with E-state index in [1.54, 1.807) is 0 Å². The van der Waals surface area contributed by atoms with Crippen molar-refractivity contribution in [1.29, 1.82) is 0 Å². The molecule has 0 saturated carbocycles. The molecule has 2 rings (SSSR count). The summed E-state index contributed by atoms with van der Waals surface area (Å²) < 4.78 is 2.13. The number of aromatic nitrogens is 3. The van der Waals surface area contributed by atoms with Gasteiger partial charge in [-0.25, -0.2) is 0 Å². The molecule has 0 saturated heterocycles. The first-order valence-corrected chi connectivity index (χ1v) is 5.96. The van der Waals surface area contributed by atoms with Gasteiger partial charge in [-0.15, -0.1) is 10.2 Å². The minimum atomic E-state index is 0.224. The Morgan fingerprint density at radius 1 is 1.50 bits per heavy atom. The smallest absolute Gasteiger partial charge is 0.147 e. The zero-order valence-electron chi connectivity index (χ0n) is 10.2. The molecule has 0 spiro atoms. The largest absolute Gasteiger partial charge is 0.330 e. The highest BCUT2D eigenvalue weighted by Crippen LogP contribution is 2.22. The van der Waals surface area contributed by atoms with Crippen LogP contribution >= 0.6 is 0 Å². The van der Waals surface area contributed by atoms with E-state index in [1.165, 1.54) is 0 Å². The third-order valence-corrected chi connectivity index (χ3v) is 3.67. The predicted octanol–water partition coefficient (Wildman–Crippen LogP) is 0.469. The molecule has 2 heterocycles. The minimum absolute atomic E-state index is 0.224. The number of nitrogens with two attached hydrogens (primary N) is 1. The van der Waals surface area contributed by atoms with Crippen LogP contribution in [-0.4, -0.2) is 39.3 Å². The Balaban J connectivity index is 1.99. The highest BCUT2D eigenvalue weighted by Gasteiger charge is 2.26. The van der Waals surface area contributed by atoms with Gasteiger partial charge < -0.3 is 10.3 Å². The van der Waals surface area contributed by atoms with Crippen molar-refractivity contribution >= 4 is 0 Å². The number of nitrogens with zero attached hydrogens (tertiary/aromatic N) is 4. The SMILES string of the molecule is CCC(C)(CN)CN1CCn2cnnc2C1. The maximum atomic E-state index is 5.85. The monoisotopic (exact) mass is 223 g/mol. The lowest BCUT2D eigenvalue weighted by Crippen LogP contribution is -2.43. The summed E-state index contributed by atoms with van der Waals surface area (Å²) >= 11 is 0. The molecule has 0 amide bonds. The first kappa shape index (κ1) is 11.5. The van der Waals surface area contributed by atoms with Crippen LogP contribution in [0.2, 0.25) is 0 Å². The lowest BCUT2D eigenvalue weighted by molar-refractivity contribution is 0.134. The molecule has 0 bridgehead atoms. The first-order valence-electron chi connectivity index (χ1n) is 5.96. The van der Waals surface area contributed by atoms with Crippen molar-refractivity contribution in [3.05, 3.63) is 12.2 Å². The van der Waals surface area contributed by atoms with Crippen molar-refractivity contribution in [3.8, 4) is 0 Å². The Kier molecular flexibility index (Phi) is 3.25. The molecule has 90 valence electrons. The highest BCUT2D eigenvalue weighted by atomic mass is 15.3. The molecule has 1 aromatic rings. The van der Waals surface area contributed by atoms with Crippen molar-refractivity contribution in [2.45, 2.75) is 33.4 Å². The van der Waals surface area contributed by atoms with Gasteiger partial charge in [-0.1, -0.05) is 13.8 Å². The number of hydrogen-bond acceptors (Lipinski definition) is 4. The van der Waals surface area contributed by atoms with E-state index in [4.69, 9.17) is 5.73 Å². The van der Waals surface area contributed by atoms with E-state index in [9.17, 15) is 0 Å². The van der Waals surface area contributed by atoms with Crippen LogP contribution in [0, 0.1) is 5.41 Å². The summed E-state index contributed by atoms with van der Waals surface area (Å²) in [4.78, 5) is 2.43. The number of rotatable bonds is 4. The van der Waals surface area contributed by atoms with Crippen molar-refractivity contribution in [3.63, 3.8) is 0 Å². The number of hydrogen-bond donors (Lipinski definition) is 1. The van der Waals surface area contributed by atoms with Gasteiger partial charge in [-0.05, 0) is 18.4 Å². The van der Waals surface area contributed by atoms with Gasteiger partial charge in [0.15, 0.2) is 0 Å². The standard InChI is InChI=1S/C11H21N5/c1-3-11(2,7-12)8-15-4-5-16-9-13-14-10(16)6-15/h9H,3-8,12H2,1-2H3. The van der Waals surface area contributed by atoms with Crippen LogP contribution in [-0.2, 0) is 13.1 Å². The van der Waals surface area contributed by atoms with Crippen LogP contribution in [0.25, 0.3) is 0 Å². The van der Waals surface area contributed by atoms with Crippen LogP contribution in [0.15, 0.2) is 6.33 Å². The van der Waals surface area contributed by atoms with Gasteiger partial charge in [-0.3, -0.25) is 4.90 Å². The quantitative estimate of drug-likeness (QED) is 0.806. The van der Waals surface area contributed by atoms with E-state index in [-0.39, 0.29) is 5.41 Å². The molecule has 0 aliphatic carbocycles. The molecule has 1 atom stereocenters. The van der Waals surface area contributed by atoms with Crippen molar-refractivity contribution in [2.75, 3.05) is 19.6 Å². The van der Waals surface area contributed by atoms with Gasteiger partial charge >= 0.3 is 0 Å². The Labute approximate surface area is 96.6 Å². The molecule has 1 aliphatic heterocycles. The molecule has 5 nitrogen and oxygen atoms in total. The van der Waals surface area contributed by atoms with Crippen molar-refractivity contribution in [1.82, 2.24) is 19.7 Å². The second-order valence-electron chi connectivity index (χ2n) is 5.02. The molecule has 1 unspecified atom stereocenters. The third kappa shape index (κ3) is 2.25. The molecule has 2 N–H and O–H groups in total. The summed E-state index contributed by atoms with van der Waals surface area (Å²) in [6.07, 6.45) is 2.93. The van der Waals surface area contributed by atoms with Gasteiger partial charge in [0, 0.05) is 19.6 Å². The third-order valence-electron chi connectivity index (χ3n) is 3.67. The Hall–Kier alpha value is -0.940. The number of fused-ring (bicyclic) bond motifs is 1. The fourth-order valence-electron chi connectivity index (χ4n) is 2.11. The van der Waals surface area contributed by atoms with Crippen LogP contribution in [0.1, 0.15) is 26.1 Å². The second-order valence-corrected chi connectivity index (χ2v) is 5.02. The fraction of sp³-hybridized carbons (Fsp3) is 0.818. The molecule has 0 aromatic carbocycles. The van der Waals surface area contributed by atoms with Gasteiger partial charge in [0.1, 0.15) is 12.2 Å². The van der Waals surface area contributed by atoms with Crippen LogP contribution in [0.3, 0.4) is 0 Å². The van der Waals surface area contributed by atoms with E-state index < -0.39 is 0 Å². The van der Waals surface area contributed by atoms with Crippen LogP contribution < -0.4 is 5.73 Å². The fourth-order valence-corrected chi connectivity index (χ4v) is 2.11. The van der Waals surface area contributed by atoms with Gasteiger partial charge in [0.25, 0.3) is 0 Å². The van der Waals surface area contributed by atoms with E-state index in [0.717, 1.165) is 45.0 Å². The Morgan fingerprint density at radius 2 is 2.31 bits per heavy atom. The lowest BCUT2D eigenvalue weighted by atomic mass is 9.87. The molecule has 16 heavy (non-hydrogen) atoms. The van der Waals surface area contributed by atoms with E-state index >= 15 is 0 Å². The van der Waals surface area contributed by atoms with Crippen LogP contribution in [0.5, 0.6) is 0 Å². The molecule has 5 heteroatoms. The van der Waals surface area contributed by atoms with E-state index in [2.05, 4.69) is 33.5 Å². The zero-order chi connectivity index (χ0) is 11.6. The summed E-state index contributed by atoms with van der Waals surface area (Å²) in [5, 5.41) is 8.07. The topological polar surface area (TPSA) is 60.0 Å². The lowest BCUT2D eigenvalue weighted by Gasteiger charge is -2.35. The molecular weight excluding hydrogens is 202 g/mol. The molecule has 1 aromatic heterocycles. The van der Waals surface area contributed by atoms with Gasteiger partial charge in [0.05, 0.1) is 6.54 Å². The summed E-state index contributed by atoms with van der Waals surface area (Å²) in [6, 6.07) is 0. The van der Waals surface area contributed by atoms with Crippen LogP contribution in [0.4, 0.5) is 0 Å². The first-order chi connectivity index (χ1) is 7.67. The molecule has 0 fully saturated rings. The maximum absolute atomic E-state index is 5.85. The predicted molar refractivity (Wildman–Crippen MR) is 62.8 cm³/mol. The van der Waals surface area contributed by atoms with E-state index in [0.29, 0.717) is 0 Å². The van der Waals surface area contributed by atoms with Crippen molar-refractivity contribution in [2.24, 2.45) is 11.1 Å². The Bertz CT molecular complexity index is 342. The zero-order valence-corrected chi connectivity index (χ0v) is 10.2. The molecule has 0 radical (unpaired) electrons. The summed E-state index contributed by atoms with van der Waals surface area (Å²) in [7, 11) is 0. The average molecular weight is 223 g/mol.